The van der Waals surface area contributed by atoms with Crippen LogP contribution in [0.5, 0.6) is 5.75 Å². The molecule has 1 amide bonds. The van der Waals surface area contributed by atoms with Crippen molar-refractivity contribution >= 4 is 30.4 Å². The molecule has 0 unspecified atom stereocenters. The molecule has 2 aromatic carbocycles. The van der Waals surface area contributed by atoms with Crippen molar-refractivity contribution in [2.24, 2.45) is 0 Å². The van der Waals surface area contributed by atoms with E-state index in [4.69, 9.17) is 14.2 Å². The normalized spacial score (nSPS) is 12.6. The van der Waals surface area contributed by atoms with Gasteiger partial charge in [0.15, 0.2) is 6.10 Å². The Bertz CT molecular complexity index is 769. The highest BCUT2D eigenvalue weighted by Gasteiger charge is 2.28. The zero-order valence-corrected chi connectivity index (χ0v) is 17.0. The van der Waals surface area contributed by atoms with Crippen LogP contribution in [0.25, 0.3) is 0 Å². The van der Waals surface area contributed by atoms with E-state index in [9.17, 15) is 14.7 Å². The number of anilines is 1. The Morgan fingerprint density at radius 1 is 1.10 bits per heavy atom. The zero-order valence-electron chi connectivity index (χ0n) is 16.1. The predicted molar refractivity (Wildman–Crippen MR) is 112 cm³/mol. The van der Waals surface area contributed by atoms with Gasteiger partial charge in [-0.25, -0.2) is 4.79 Å². The zero-order chi connectivity index (χ0) is 21.1. The maximum absolute atomic E-state index is 12.5. The van der Waals surface area contributed by atoms with E-state index in [1.54, 1.807) is 36.4 Å². The van der Waals surface area contributed by atoms with Crippen LogP contribution in [0.1, 0.15) is 25.0 Å². The lowest BCUT2D eigenvalue weighted by Crippen LogP contribution is -2.30. The number of hydrogen-bond donors (Lipinski definition) is 3. The summed E-state index contributed by atoms with van der Waals surface area (Å²) in [5.41, 5.74) is 1.24. The van der Waals surface area contributed by atoms with E-state index in [0.717, 1.165) is 0 Å². The number of thiol groups is 1. The van der Waals surface area contributed by atoms with Crippen molar-refractivity contribution in [1.82, 2.24) is 0 Å². The standard InChI is InChI=1S/C21H25NO6S/c1-2-26-18(12-13-27-19(24)14-29)20(15-8-10-17(23)11-9-15)28-21(25)22-16-6-4-3-5-7-16/h3-11,18,20,23,29H,2,12-14H2,1H3,(H,22,25)/t18-,20-/m0/s1. The number of phenolic OH excluding ortho intramolecular Hbond substituents is 1. The van der Waals surface area contributed by atoms with Crippen LogP contribution in [0.3, 0.4) is 0 Å². The molecule has 0 aliphatic rings. The number of ether oxygens (including phenoxy) is 3. The molecule has 0 bridgehead atoms. The lowest BCUT2D eigenvalue weighted by atomic mass is 10.0. The van der Waals surface area contributed by atoms with E-state index in [0.29, 0.717) is 24.3 Å². The first-order chi connectivity index (χ1) is 14.0. The minimum Gasteiger partial charge on any atom is -0.508 e. The molecule has 0 spiro atoms. The van der Waals surface area contributed by atoms with Crippen molar-refractivity contribution in [2.45, 2.75) is 25.6 Å². The lowest BCUT2D eigenvalue weighted by Gasteiger charge is -2.27. The summed E-state index contributed by atoms with van der Waals surface area (Å²) in [6.45, 7) is 2.30. The third-order valence-electron chi connectivity index (χ3n) is 3.99. The molecule has 8 heteroatoms. The maximum atomic E-state index is 12.5. The maximum Gasteiger partial charge on any atom is 0.412 e. The Balaban J connectivity index is 2.15. The number of hydrogen-bond acceptors (Lipinski definition) is 7. The van der Waals surface area contributed by atoms with Crippen molar-refractivity contribution in [3.8, 4) is 5.75 Å². The van der Waals surface area contributed by atoms with Gasteiger partial charge in [0.25, 0.3) is 0 Å². The molecule has 0 saturated heterocycles. The Morgan fingerprint density at radius 3 is 2.41 bits per heavy atom. The smallest absolute Gasteiger partial charge is 0.412 e. The molecule has 2 rings (SSSR count). The van der Waals surface area contributed by atoms with E-state index >= 15 is 0 Å². The number of aromatic hydroxyl groups is 1. The Hall–Kier alpha value is -2.71. The number of benzene rings is 2. The SMILES string of the molecule is CCO[C@@H](CCOC(=O)CS)[C@@H](OC(=O)Nc1ccccc1)c1ccc(O)cc1. The molecule has 0 aliphatic carbocycles. The number of amides is 1. The minimum absolute atomic E-state index is 0.0172. The molecular formula is C21H25NO6S. The largest absolute Gasteiger partial charge is 0.508 e. The summed E-state index contributed by atoms with van der Waals surface area (Å²) in [6.07, 6.45) is -1.66. The van der Waals surface area contributed by atoms with Gasteiger partial charge in [-0.1, -0.05) is 30.3 Å². The van der Waals surface area contributed by atoms with Crippen molar-refractivity contribution < 1.29 is 28.9 Å². The van der Waals surface area contributed by atoms with Crippen LogP contribution in [0.15, 0.2) is 54.6 Å². The first-order valence-corrected chi connectivity index (χ1v) is 9.86. The number of rotatable bonds is 10. The fraction of sp³-hybridized carbons (Fsp3) is 0.333. The van der Waals surface area contributed by atoms with Crippen LogP contribution in [0.2, 0.25) is 0 Å². The van der Waals surface area contributed by atoms with E-state index in [1.807, 2.05) is 13.0 Å². The Morgan fingerprint density at radius 2 is 1.79 bits per heavy atom. The van der Waals surface area contributed by atoms with Crippen LogP contribution < -0.4 is 5.32 Å². The van der Waals surface area contributed by atoms with E-state index in [-0.39, 0.29) is 18.1 Å². The van der Waals surface area contributed by atoms with Crippen LogP contribution in [0.4, 0.5) is 10.5 Å². The van der Waals surface area contributed by atoms with Crippen LogP contribution in [0, 0.1) is 0 Å². The van der Waals surface area contributed by atoms with Crippen LogP contribution in [-0.2, 0) is 19.0 Å². The van der Waals surface area contributed by atoms with E-state index in [1.165, 1.54) is 12.1 Å². The average Bonchev–Trinajstić information content (AvgIpc) is 2.73. The second-order valence-corrected chi connectivity index (χ2v) is 6.39. The summed E-state index contributed by atoms with van der Waals surface area (Å²) >= 11 is 3.87. The van der Waals surface area contributed by atoms with Gasteiger partial charge in [-0.3, -0.25) is 10.1 Å². The minimum atomic E-state index is -0.769. The summed E-state index contributed by atoms with van der Waals surface area (Å²) in [4.78, 5) is 23.8. The third-order valence-corrected chi connectivity index (χ3v) is 4.25. The lowest BCUT2D eigenvalue weighted by molar-refractivity contribution is -0.142. The summed E-state index contributed by atoms with van der Waals surface area (Å²) in [6, 6.07) is 15.2. The Kier molecular flexibility index (Phi) is 9.33. The molecule has 0 aromatic heterocycles. The van der Waals surface area contributed by atoms with Gasteiger partial charge in [-0.05, 0) is 36.8 Å². The quantitative estimate of drug-likeness (QED) is 0.399. The molecular weight excluding hydrogens is 394 g/mol. The molecule has 156 valence electrons. The van der Waals surface area contributed by atoms with Crippen LogP contribution >= 0.6 is 12.6 Å². The molecule has 0 fully saturated rings. The summed E-state index contributed by atoms with van der Waals surface area (Å²) < 4.78 is 16.5. The number of phenols is 1. The fourth-order valence-corrected chi connectivity index (χ4v) is 2.77. The highest BCUT2D eigenvalue weighted by Crippen LogP contribution is 2.28. The molecule has 2 N–H and O–H groups in total. The predicted octanol–water partition coefficient (Wildman–Crippen LogP) is 3.95. The fourth-order valence-electron chi connectivity index (χ4n) is 2.68. The van der Waals surface area contributed by atoms with E-state index < -0.39 is 24.3 Å². The monoisotopic (exact) mass is 419 g/mol. The van der Waals surface area contributed by atoms with E-state index in [2.05, 4.69) is 17.9 Å². The number of para-hydroxylation sites is 1. The molecule has 7 nitrogen and oxygen atoms in total. The molecule has 29 heavy (non-hydrogen) atoms. The van der Waals surface area contributed by atoms with Gasteiger partial charge in [0.1, 0.15) is 11.9 Å². The van der Waals surface area contributed by atoms with Crippen LogP contribution in [-0.4, -0.2) is 42.2 Å². The molecule has 0 heterocycles. The molecule has 0 radical (unpaired) electrons. The van der Waals surface area contributed by atoms with Crippen molar-refractivity contribution in [3.63, 3.8) is 0 Å². The highest BCUT2D eigenvalue weighted by atomic mass is 32.1. The highest BCUT2D eigenvalue weighted by molar-refractivity contribution is 7.81. The Labute approximate surface area is 175 Å². The molecule has 0 saturated carbocycles. The number of carbonyl (C=O) groups is 2. The second kappa shape index (κ2) is 12.0. The summed E-state index contributed by atoms with van der Waals surface area (Å²) in [5, 5.41) is 12.2. The number of nitrogens with one attached hydrogen (secondary N) is 1. The molecule has 2 aromatic rings. The van der Waals surface area contributed by atoms with Crippen molar-refractivity contribution in [1.29, 1.82) is 0 Å². The summed E-state index contributed by atoms with van der Waals surface area (Å²) in [7, 11) is 0. The van der Waals surface area contributed by atoms with Gasteiger partial charge in [0.2, 0.25) is 0 Å². The van der Waals surface area contributed by atoms with Crippen molar-refractivity contribution in [3.05, 3.63) is 60.2 Å². The molecule has 2 atom stereocenters. The molecule has 0 aliphatic heterocycles. The summed E-state index contributed by atoms with van der Waals surface area (Å²) in [5.74, 6) is -0.360. The first kappa shape index (κ1) is 22.6. The topological polar surface area (TPSA) is 94.1 Å². The van der Waals surface area contributed by atoms with Gasteiger partial charge >= 0.3 is 12.1 Å². The second-order valence-electron chi connectivity index (χ2n) is 6.07. The van der Waals surface area contributed by atoms with Gasteiger partial charge in [0, 0.05) is 18.7 Å². The van der Waals surface area contributed by atoms with Gasteiger partial charge < -0.3 is 19.3 Å². The van der Waals surface area contributed by atoms with Crippen molar-refractivity contribution in [2.75, 3.05) is 24.3 Å². The number of carbonyl (C=O) groups excluding carboxylic acids is 2. The first-order valence-electron chi connectivity index (χ1n) is 9.23. The van der Waals surface area contributed by atoms with Gasteiger partial charge in [-0.15, -0.1) is 0 Å². The number of esters is 1. The average molecular weight is 419 g/mol. The van der Waals surface area contributed by atoms with Gasteiger partial charge in [0.05, 0.1) is 12.4 Å². The third kappa shape index (κ3) is 7.67. The van der Waals surface area contributed by atoms with Gasteiger partial charge in [-0.2, -0.15) is 12.6 Å².